The molecule has 1 aromatic heterocycles. The van der Waals surface area contributed by atoms with Gasteiger partial charge in [-0.05, 0) is 106 Å². The quantitative estimate of drug-likeness (QED) is 0.279. The van der Waals surface area contributed by atoms with Gasteiger partial charge in [-0.3, -0.25) is 19.9 Å². The minimum atomic E-state index is -0.947. The fourth-order valence-corrected chi connectivity index (χ4v) is 8.25. The number of esters is 2. The molecule has 10 heteroatoms. The molecular weight excluding hydrogens is 604 g/mol. The number of carbonyl (C=O) groups excluding carboxylic acids is 2. The molecule has 0 aromatic carbocycles. The summed E-state index contributed by atoms with van der Waals surface area (Å²) in [5.41, 5.74) is 3.99. The molecule has 5 rings (SSSR count). The first kappa shape index (κ1) is 34.5. The Balaban J connectivity index is 1.85. The fourth-order valence-electron chi connectivity index (χ4n) is 8.25. The van der Waals surface area contributed by atoms with Gasteiger partial charge in [-0.1, -0.05) is 12.5 Å². The van der Waals surface area contributed by atoms with Crippen molar-refractivity contribution in [3.05, 3.63) is 69.0 Å². The van der Waals surface area contributed by atoms with Crippen molar-refractivity contribution < 1.29 is 19.1 Å². The predicted octanol–water partition coefficient (Wildman–Crippen LogP) is 4.56. The third-order valence-electron chi connectivity index (χ3n) is 10.7. The third-order valence-corrected chi connectivity index (χ3v) is 10.7. The number of carbonyl (C=O) groups is 2. The molecule has 5 heterocycles. The van der Waals surface area contributed by atoms with E-state index in [1.54, 1.807) is 0 Å². The van der Waals surface area contributed by atoms with Gasteiger partial charge >= 0.3 is 11.9 Å². The van der Waals surface area contributed by atoms with Crippen LogP contribution in [0.4, 0.5) is 0 Å². The monoisotopic (exact) mass is 648 g/mol. The van der Waals surface area contributed by atoms with Crippen molar-refractivity contribution >= 4 is 35.5 Å². The van der Waals surface area contributed by atoms with Crippen molar-refractivity contribution in [3.63, 3.8) is 0 Å². The normalized spacial score (nSPS) is 29.1. The number of methoxy groups -OCH3 is 2. The highest BCUT2D eigenvalue weighted by Gasteiger charge is 2.58. The average molecular weight is 649 g/mol. The molecule has 4 unspecified atom stereocenters. The first-order valence-electron chi connectivity index (χ1n) is 16.5. The smallest absolute Gasteiger partial charge is 0.305 e. The molecule has 250 valence electrons. The summed E-state index contributed by atoms with van der Waals surface area (Å²) in [5, 5.41) is 25.4. The number of aromatic nitrogens is 1. The zero-order chi connectivity index (χ0) is 34.7. The first-order valence-corrected chi connectivity index (χ1v) is 16.5. The lowest BCUT2D eigenvalue weighted by Gasteiger charge is -2.48. The summed E-state index contributed by atoms with van der Waals surface area (Å²) in [7, 11) is 2.76. The van der Waals surface area contributed by atoms with Gasteiger partial charge in [0.2, 0.25) is 0 Å². The topological polar surface area (TPSA) is 153 Å². The van der Waals surface area contributed by atoms with Crippen LogP contribution in [0.1, 0.15) is 79.1 Å². The number of nitrogens with one attached hydrogen (secondary N) is 2. The van der Waals surface area contributed by atoms with E-state index in [-0.39, 0.29) is 37.1 Å². The van der Waals surface area contributed by atoms with E-state index in [0.717, 1.165) is 50.1 Å². The van der Waals surface area contributed by atoms with Gasteiger partial charge in [0.1, 0.15) is 0 Å². The minimum absolute atomic E-state index is 0.107. The van der Waals surface area contributed by atoms with Gasteiger partial charge in [0.25, 0.3) is 0 Å². The van der Waals surface area contributed by atoms with E-state index < -0.39 is 16.6 Å². The van der Waals surface area contributed by atoms with Crippen LogP contribution in [0.2, 0.25) is 0 Å². The van der Waals surface area contributed by atoms with Crippen molar-refractivity contribution in [1.82, 2.24) is 10.3 Å². The Morgan fingerprint density at radius 2 is 1.62 bits per heavy atom. The van der Waals surface area contributed by atoms with Gasteiger partial charge in [-0.2, -0.15) is 10.5 Å². The van der Waals surface area contributed by atoms with E-state index in [4.69, 9.17) is 19.5 Å². The average Bonchev–Trinajstić information content (AvgIpc) is 3.82. The Labute approximate surface area is 282 Å². The molecule has 0 amide bonds. The molecule has 4 atom stereocenters. The number of aliphatic imine (C=N–C) groups is 2. The van der Waals surface area contributed by atoms with E-state index in [0.29, 0.717) is 32.1 Å². The van der Waals surface area contributed by atoms with Crippen molar-refractivity contribution in [3.8, 4) is 12.1 Å². The number of hydrogen-bond donors (Lipinski definition) is 2. The zero-order valence-corrected chi connectivity index (χ0v) is 28.7. The number of H-pyrrole nitrogens is 1. The Hall–Kier alpha value is -4.80. The number of ether oxygens (including phenoxy) is 2. The summed E-state index contributed by atoms with van der Waals surface area (Å²) in [4.78, 5) is 39.3. The highest BCUT2D eigenvalue weighted by atomic mass is 16.5. The maximum Gasteiger partial charge on any atom is 0.305 e. The van der Waals surface area contributed by atoms with Crippen LogP contribution in [-0.2, 0) is 19.1 Å². The van der Waals surface area contributed by atoms with Crippen molar-refractivity contribution in [2.24, 2.45) is 15.9 Å². The second-order valence-electron chi connectivity index (χ2n) is 13.2. The van der Waals surface area contributed by atoms with Gasteiger partial charge in [0.15, 0.2) is 0 Å². The lowest BCUT2D eigenvalue weighted by Crippen LogP contribution is -2.60. The Kier molecular flexibility index (Phi) is 9.89. The summed E-state index contributed by atoms with van der Waals surface area (Å²) in [6.45, 7) is 8.38. The summed E-state index contributed by atoms with van der Waals surface area (Å²) >= 11 is 0. The summed E-state index contributed by atoms with van der Waals surface area (Å²) in [5.74, 6) is -0.996. The molecule has 0 aliphatic carbocycles. The number of allylic oxidation sites excluding steroid dienone is 3. The van der Waals surface area contributed by atoms with Gasteiger partial charge in [0.05, 0.1) is 54.6 Å². The summed E-state index contributed by atoms with van der Waals surface area (Å²) in [6, 6.07) is 8.69. The van der Waals surface area contributed by atoms with Crippen LogP contribution in [-0.4, -0.2) is 59.2 Å². The van der Waals surface area contributed by atoms with Gasteiger partial charge < -0.3 is 14.5 Å². The molecule has 2 N–H and O–H groups in total. The van der Waals surface area contributed by atoms with E-state index >= 15 is 0 Å². The van der Waals surface area contributed by atoms with E-state index in [1.165, 1.54) is 14.2 Å². The highest BCUT2D eigenvalue weighted by Crippen LogP contribution is 2.55. The number of fused-ring (bicyclic) bond motifs is 6. The SMILES string of the molecule is COC(=O)CCC1=C(C)C2=NC1(CCC(=O)OC)C(C)C1(CCC#N)NC(C)(/C=C3/C=CC(=N3)/C=c3/ccc([nH]3)=C2)C(CCC#N)=C1C. The van der Waals surface area contributed by atoms with E-state index in [1.807, 2.05) is 43.4 Å². The standard InChI is InChI=1S/C38H44N6O4/c1-24-31(14-15-34(45)47-5)38(18-16-35(46)48-6)26(3)37(17-8-20-40)25(2)32(9-7-19-39)36(4,44-37)23-30-13-12-28(42-30)21-27-10-11-29(41-27)22-33(24)43-38/h10-13,21-23,26,41,44H,7-9,14-18H2,1-6H3/b27-21-,29-22?,30-23-. The number of nitriles is 2. The Morgan fingerprint density at radius 1 is 0.938 bits per heavy atom. The molecule has 8 bridgehead atoms. The summed E-state index contributed by atoms with van der Waals surface area (Å²) in [6.07, 6.45) is 12.7. The van der Waals surface area contributed by atoms with Crippen LogP contribution >= 0.6 is 0 Å². The van der Waals surface area contributed by atoms with Crippen molar-refractivity contribution in [2.75, 3.05) is 14.2 Å². The predicted molar refractivity (Wildman–Crippen MR) is 185 cm³/mol. The molecule has 4 aliphatic heterocycles. The molecule has 0 saturated carbocycles. The van der Waals surface area contributed by atoms with Crippen molar-refractivity contribution in [1.29, 1.82) is 10.5 Å². The third kappa shape index (κ3) is 6.25. The van der Waals surface area contributed by atoms with Crippen molar-refractivity contribution in [2.45, 2.75) is 95.7 Å². The number of hydrogen-bond acceptors (Lipinski definition) is 9. The number of aromatic amines is 1. The summed E-state index contributed by atoms with van der Waals surface area (Å²) < 4.78 is 10.2. The minimum Gasteiger partial charge on any atom is -0.469 e. The van der Waals surface area contributed by atoms with Crippen LogP contribution < -0.4 is 16.0 Å². The van der Waals surface area contributed by atoms with Gasteiger partial charge in [-0.25, -0.2) is 4.99 Å². The number of nitrogens with zero attached hydrogens (tertiary/aromatic N) is 4. The van der Waals surface area contributed by atoms with E-state index in [2.05, 4.69) is 49.3 Å². The molecule has 10 nitrogen and oxygen atoms in total. The molecule has 4 aliphatic rings. The van der Waals surface area contributed by atoms with Crippen LogP contribution in [0.15, 0.2) is 68.3 Å². The highest BCUT2D eigenvalue weighted by molar-refractivity contribution is 6.22. The lowest BCUT2D eigenvalue weighted by molar-refractivity contribution is -0.142. The Morgan fingerprint density at radius 3 is 2.31 bits per heavy atom. The van der Waals surface area contributed by atoms with Gasteiger partial charge in [0, 0.05) is 47.8 Å². The first-order chi connectivity index (χ1) is 22.9. The maximum atomic E-state index is 12.8. The molecule has 0 radical (unpaired) electrons. The fraction of sp³-hybridized carbons (Fsp3) is 0.474. The number of rotatable bonds is 10. The molecule has 0 fully saturated rings. The van der Waals surface area contributed by atoms with Crippen LogP contribution in [0.3, 0.4) is 0 Å². The molecule has 48 heavy (non-hydrogen) atoms. The van der Waals surface area contributed by atoms with Crippen LogP contribution in [0.25, 0.3) is 12.2 Å². The largest absolute Gasteiger partial charge is 0.469 e. The second-order valence-corrected chi connectivity index (χ2v) is 13.2. The second kappa shape index (κ2) is 13.7. The maximum absolute atomic E-state index is 12.8. The lowest BCUT2D eigenvalue weighted by atomic mass is 9.62. The van der Waals surface area contributed by atoms with Crippen LogP contribution in [0.5, 0.6) is 0 Å². The molecule has 1 aromatic rings. The van der Waals surface area contributed by atoms with Gasteiger partial charge in [-0.15, -0.1) is 0 Å². The molecule has 0 saturated heterocycles. The molecular formula is C38H44N6O4. The zero-order valence-electron chi connectivity index (χ0n) is 28.7. The van der Waals surface area contributed by atoms with E-state index in [9.17, 15) is 20.1 Å². The Bertz CT molecular complexity index is 1910. The van der Waals surface area contributed by atoms with Crippen LogP contribution in [0, 0.1) is 28.6 Å². The molecule has 0 spiro atoms.